The van der Waals surface area contributed by atoms with Crippen molar-refractivity contribution in [3.63, 3.8) is 0 Å². The number of nitro benzene ring substituents is 2. The maximum atomic E-state index is 13.1. The predicted molar refractivity (Wildman–Crippen MR) is 89.0 cm³/mol. The normalized spacial score (nSPS) is 11.7. The molecule has 2 rings (SSSR count). The van der Waals surface area contributed by atoms with Crippen molar-refractivity contribution in [2.45, 2.75) is 12.8 Å². The van der Waals surface area contributed by atoms with Crippen molar-refractivity contribution in [3.05, 3.63) is 67.8 Å². The number of nitrogens with zero attached hydrogens (tertiary/aromatic N) is 3. The van der Waals surface area contributed by atoms with E-state index in [-0.39, 0.29) is 11.6 Å². The van der Waals surface area contributed by atoms with Gasteiger partial charge in [-0.1, -0.05) is 0 Å². The molecule has 0 spiro atoms. The van der Waals surface area contributed by atoms with Gasteiger partial charge < -0.3 is 4.74 Å². The summed E-state index contributed by atoms with van der Waals surface area (Å²) >= 11 is 0. The van der Waals surface area contributed by atoms with Gasteiger partial charge in [-0.15, -0.1) is 0 Å². The van der Waals surface area contributed by atoms with Gasteiger partial charge in [0, 0.05) is 29.8 Å². The van der Waals surface area contributed by atoms with E-state index in [1.54, 1.807) is 0 Å². The highest BCUT2D eigenvalue weighted by atomic mass is 19.4. The molecule has 0 bridgehead atoms. The Morgan fingerprint density at radius 1 is 1.03 bits per heavy atom. The number of alkyl halides is 5. The number of ether oxygens (including phenoxy) is 1. The van der Waals surface area contributed by atoms with Gasteiger partial charge >= 0.3 is 12.8 Å². The molecule has 1 N–H and O–H groups in total. The number of nitrogens with one attached hydrogen (secondary N) is 1. The first-order valence-electron chi connectivity index (χ1n) is 7.37. The van der Waals surface area contributed by atoms with Gasteiger partial charge in [0.15, 0.2) is 0 Å². The van der Waals surface area contributed by atoms with E-state index in [9.17, 15) is 42.2 Å². The third-order valence-corrected chi connectivity index (χ3v) is 3.33. The van der Waals surface area contributed by atoms with E-state index >= 15 is 0 Å². The van der Waals surface area contributed by atoms with Crippen LogP contribution in [-0.2, 0) is 6.18 Å². The quantitative estimate of drug-likeness (QED) is 0.303. The molecule has 0 saturated heterocycles. The molecule has 0 aliphatic heterocycles. The molecule has 0 saturated carbocycles. The molecule has 0 aromatic heterocycles. The molecule has 2 aromatic rings. The Morgan fingerprint density at radius 2 is 1.62 bits per heavy atom. The Bertz CT molecular complexity index is 965. The third-order valence-electron chi connectivity index (χ3n) is 3.33. The molecule has 14 heteroatoms. The second kappa shape index (κ2) is 8.45. The smallest absolute Gasteiger partial charge is 0.418 e. The van der Waals surface area contributed by atoms with E-state index in [1.165, 1.54) is 0 Å². The first-order valence-corrected chi connectivity index (χ1v) is 7.37. The fourth-order valence-corrected chi connectivity index (χ4v) is 2.10. The van der Waals surface area contributed by atoms with E-state index in [4.69, 9.17) is 0 Å². The van der Waals surface area contributed by atoms with Gasteiger partial charge in [-0.05, 0) is 12.1 Å². The summed E-state index contributed by atoms with van der Waals surface area (Å²) in [6.07, 6.45) is -4.23. The molecule has 0 unspecified atom stereocenters. The van der Waals surface area contributed by atoms with Gasteiger partial charge in [-0.25, -0.2) is 0 Å². The average Bonchev–Trinajstić information content (AvgIpc) is 2.61. The standard InChI is InChI=1S/C15H9F5N4O5/c16-14(17)29-13-4-2-9(23(25)26)5-8(13)7-21-22-12-3-1-10(24(27)28)6-11(12)15(18,19)20/h1-7,14,22H. The summed E-state index contributed by atoms with van der Waals surface area (Å²) in [4.78, 5) is 19.6. The lowest BCUT2D eigenvalue weighted by Gasteiger charge is -2.12. The number of hydrogen-bond donors (Lipinski definition) is 1. The van der Waals surface area contributed by atoms with Crippen LogP contribution in [0.15, 0.2) is 41.5 Å². The highest BCUT2D eigenvalue weighted by molar-refractivity contribution is 5.85. The number of benzene rings is 2. The summed E-state index contributed by atoms with van der Waals surface area (Å²) in [5.74, 6) is -0.504. The average molecular weight is 420 g/mol. The molecule has 29 heavy (non-hydrogen) atoms. The van der Waals surface area contributed by atoms with Gasteiger partial charge in [0.05, 0.1) is 27.3 Å². The second-order valence-corrected chi connectivity index (χ2v) is 5.21. The Morgan fingerprint density at radius 3 is 2.17 bits per heavy atom. The third kappa shape index (κ3) is 5.57. The fourth-order valence-electron chi connectivity index (χ4n) is 2.10. The zero-order valence-electron chi connectivity index (χ0n) is 13.9. The molecule has 0 atom stereocenters. The fraction of sp³-hybridized carbons (Fsp3) is 0.133. The number of rotatable bonds is 7. The molecule has 0 aliphatic rings. The molecule has 9 nitrogen and oxygen atoms in total. The van der Waals surface area contributed by atoms with Crippen LogP contribution in [0.5, 0.6) is 5.75 Å². The highest BCUT2D eigenvalue weighted by Gasteiger charge is 2.35. The summed E-state index contributed by atoms with van der Waals surface area (Å²) < 4.78 is 68.3. The van der Waals surface area contributed by atoms with Crippen molar-refractivity contribution in [1.82, 2.24) is 0 Å². The molecule has 0 radical (unpaired) electrons. The lowest BCUT2D eigenvalue weighted by molar-refractivity contribution is -0.385. The van der Waals surface area contributed by atoms with Crippen LogP contribution in [-0.4, -0.2) is 22.7 Å². The van der Waals surface area contributed by atoms with Gasteiger partial charge in [0.2, 0.25) is 0 Å². The van der Waals surface area contributed by atoms with Crippen molar-refractivity contribution >= 4 is 23.3 Å². The van der Waals surface area contributed by atoms with E-state index in [0.29, 0.717) is 0 Å². The second-order valence-electron chi connectivity index (χ2n) is 5.21. The monoisotopic (exact) mass is 420 g/mol. The van der Waals surface area contributed by atoms with Gasteiger partial charge in [0.25, 0.3) is 11.4 Å². The predicted octanol–water partition coefficient (Wildman–Crippen LogP) is 4.57. The zero-order chi connectivity index (χ0) is 21.8. The minimum absolute atomic E-state index is 0.288. The molecular formula is C15H9F5N4O5. The minimum Gasteiger partial charge on any atom is -0.434 e. The van der Waals surface area contributed by atoms with Crippen molar-refractivity contribution in [3.8, 4) is 5.75 Å². The maximum absolute atomic E-state index is 13.1. The first-order chi connectivity index (χ1) is 13.5. The molecule has 2 aromatic carbocycles. The van der Waals surface area contributed by atoms with Crippen LogP contribution in [0.4, 0.5) is 39.0 Å². The summed E-state index contributed by atoms with van der Waals surface area (Å²) in [5.41, 5.74) is -1.71. The van der Waals surface area contributed by atoms with E-state index in [0.717, 1.165) is 36.5 Å². The molecule has 0 heterocycles. The van der Waals surface area contributed by atoms with Gasteiger partial charge in [-0.3, -0.25) is 25.7 Å². The van der Waals surface area contributed by atoms with Gasteiger partial charge in [-0.2, -0.15) is 27.1 Å². The Labute approximate surface area is 157 Å². The Hall–Kier alpha value is -3.84. The number of hydrazone groups is 1. The number of anilines is 1. The van der Waals surface area contributed by atoms with Crippen LogP contribution in [0.3, 0.4) is 0 Å². The van der Waals surface area contributed by atoms with E-state index in [1.807, 2.05) is 5.43 Å². The number of non-ortho nitro benzene ring substituents is 2. The molecular weight excluding hydrogens is 411 g/mol. The van der Waals surface area contributed by atoms with E-state index < -0.39 is 51.0 Å². The topological polar surface area (TPSA) is 120 Å². The first kappa shape index (κ1) is 21.5. The van der Waals surface area contributed by atoms with Crippen LogP contribution in [0.25, 0.3) is 0 Å². The van der Waals surface area contributed by atoms with Crippen molar-refractivity contribution < 1.29 is 36.5 Å². The van der Waals surface area contributed by atoms with Gasteiger partial charge in [0.1, 0.15) is 5.75 Å². The number of hydrogen-bond acceptors (Lipinski definition) is 7. The number of nitro groups is 2. The number of halogens is 5. The Kier molecular flexibility index (Phi) is 6.25. The molecule has 0 aliphatic carbocycles. The summed E-state index contributed by atoms with van der Waals surface area (Å²) in [5, 5.41) is 24.9. The Balaban J connectivity index is 2.37. The summed E-state index contributed by atoms with van der Waals surface area (Å²) in [7, 11) is 0. The minimum atomic E-state index is -4.96. The summed E-state index contributed by atoms with van der Waals surface area (Å²) in [6.45, 7) is -3.26. The molecule has 154 valence electrons. The summed E-state index contributed by atoms with van der Waals surface area (Å²) in [6, 6.07) is 4.42. The van der Waals surface area contributed by atoms with Crippen LogP contribution in [0.1, 0.15) is 11.1 Å². The maximum Gasteiger partial charge on any atom is 0.418 e. The van der Waals surface area contributed by atoms with Crippen LogP contribution in [0.2, 0.25) is 0 Å². The van der Waals surface area contributed by atoms with Crippen LogP contribution in [0, 0.1) is 20.2 Å². The van der Waals surface area contributed by atoms with Crippen molar-refractivity contribution in [1.29, 1.82) is 0 Å². The van der Waals surface area contributed by atoms with Crippen LogP contribution >= 0.6 is 0 Å². The largest absolute Gasteiger partial charge is 0.434 e. The lowest BCUT2D eigenvalue weighted by atomic mass is 10.1. The molecule has 0 fully saturated rings. The highest BCUT2D eigenvalue weighted by Crippen LogP contribution is 2.37. The lowest BCUT2D eigenvalue weighted by Crippen LogP contribution is -2.09. The van der Waals surface area contributed by atoms with Crippen molar-refractivity contribution in [2.75, 3.05) is 5.43 Å². The zero-order valence-corrected chi connectivity index (χ0v) is 13.9. The van der Waals surface area contributed by atoms with E-state index in [2.05, 4.69) is 9.84 Å². The van der Waals surface area contributed by atoms with Crippen LogP contribution < -0.4 is 10.2 Å². The van der Waals surface area contributed by atoms with Crippen molar-refractivity contribution in [2.24, 2.45) is 5.10 Å². The molecule has 0 amide bonds. The SMILES string of the molecule is O=[N+]([O-])c1ccc(OC(F)F)c(C=NNc2ccc([N+](=O)[O-])cc2C(F)(F)F)c1.